The molecule has 0 aliphatic heterocycles. The van der Waals surface area contributed by atoms with Gasteiger partial charge >= 0.3 is 5.69 Å². The third kappa shape index (κ3) is 4.70. The summed E-state index contributed by atoms with van der Waals surface area (Å²) in [4.78, 5) is 35.9. The lowest BCUT2D eigenvalue weighted by molar-refractivity contribution is -0.115. The monoisotopic (exact) mass is 417 g/mol. The van der Waals surface area contributed by atoms with E-state index in [9.17, 15) is 14.4 Å². The molecular weight excluding hydrogens is 398 g/mol. The zero-order valence-electron chi connectivity index (χ0n) is 15.0. The molecule has 3 rings (SSSR count). The summed E-state index contributed by atoms with van der Waals surface area (Å²) in [6.45, 7) is 2.16. The molecule has 0 fully saturated rings. The number of nitrogens with one attached hydrogen (secondary N) is 2. The second-order valence-corrected chi connectivity index (χ2v) is 8.20. The van der Waals surface area contributed by atoms with Crippen molar-refractivity contribution in [3.05, 3.63) is 63.4 Å². The van der Waals surface area contributed by atoms with E-state index in [1.807, 2.05) is 30.3 Å². The van der Waals surface area contributed by atoms with Crippen LogP contribution in [0.4, 0.5) is 5.00 Å². The number of thiophene rings is 1. The molecule has 2 amide bonds. The van der Waals surface area contributed by atoms with E-state index in [0.29, 0.717) is 23.1 Å². The molecule has 28 heavy (non-hydrogen) atoms. The number of benzene rings is 1. The highest BCUT2D eigenvalue weighted by Gasteiger charge is 2.21. The van der Waals surface area contributed by atoms with Crippen molar-refractivity contribution in [1.29, 1.82) is 0 Å². The quantitative estimate of drug-likeness (QED) is 0.484. The van der Waals surface area contributed by atoms with Crippen LogP contribution >= 0.6 is 23.1 Å². The van der Waals surface area contributed by atoms with Gasteiger partial charge in [0.05, 0.1) is 10.8 Å². The zero-order chi connectivity index (χ0) is 20.1. The van der Waals surface area contributed by atoms with Crippen LogP contribution in [0.25, 0.3) is 0 Å². The Morgan fingerprint density at radius 1 is 1.32 bits per heavy atom. The average molecular weight is 418 g/mol. The number of rotatable bonds is 8. The Hall–Kier alpha value is -2.85. The van der Waals surface area contributed by atoms with Gasteiger partial charge in [-0.3, -0.25) is 14.2 Å². The van der Waals surface area contributed by atoms with Crippen molar-refractivity contribution in [3.63, 3.8) is 0 Å². The number of nitrogens with two attached hydrogens (primary N) is 1. The Balaban J connectivity index is 1.66. The second kappa shape index (κ2) is 8.89. The van der Waals surface area contributed by atoms with Gasteiger partial charge in [-0.1, -0.05) is 42.1 Å². The summed E-state index contributed by atoms with van der Waals surface area (Å²) in [5.41, 5.74) is 6.36. The number of aromatic amines is 1. The first-order chi connectivity index (χ1) is 13.5. The highest BCUT2D eigenvalue weighted by Crippen LogP contribution is 2.26. The molecule has 146 valence electrons. The summed E-state index contributed by atoms with van der Waals surface area (Å²) in [6.07, 6.45) is 0.672. The molecule has 0 saturated heterocycles. The number of thioether (sulfide) groups is 1. The van der Waals surface area contributed by atoms with E-state index in [4.69, 9.17) is 5.73 Å². The highest BCUT2D eigenvalue weighted by atomic mass is 32.2. The number of hydrogen-bond acceptors (Lipinski definition) is 6. The minimum Gasteiger partial charge on any atom is -0.366 e. The molecule has 0 saturated carbocycles. The maximum Gasteiger partial charge on any atom is 0.343 e. The number of carbonyl (C=O) groups excluding carboxylic acids is 2. The maximum absolute atomic E-state index is 12.5. The van der Waals surface area contributed by atoms with E-state index in [-0.39, 0.29) is 17.2 Å². The van der Waals surface area contributed by atoms with Crippen molar-refractivity contribution in [2.45, 2.75) is 30.3 Å². The number of amides is 2. The molecule has 4 N–H and O–H groups in total. The molecule has 2 aromatic heterocycles. The Morgan fingerprint density at radius 2 is 2.07 bits per heavy atom. The van der Waals surface area contributed by atoms with Gasteiger partial charge in [-0.15, -0.1) is 16.4 Å². The van der Waals surface area contributed by atoms with Gasteiger partial charge in [0.25, 0.3) is 5.91 Å². The molecule has 0 aliphatic rings. The van der Waals surface area contributed by atoms with Crippen LogP contribution in [0.3, 0.4) is 0 Å². The Bertz CT molecular complexity index is 1030. The van der Waals surface area contributed by atoms with E-state index < -0.39 is 11.2 Å². The standard InChI is InChI=1S/C18H19N5O3S2/c1-11(15(25)20-16-13(14(19)24)8-10-27-16)28-18-22-21-17(26)23(18)9-7-12-5-3-2-4-6-12/h2-6,8,10-11H,7,9H2,1H3,(H2,19,24)(H,20,25)(H,21,26)/t11-/m1/s1. The molecule has 3 aromatic rings. The molecule has 8 nitrogen and oxygen atoms in total. The van der Waals surface area contributed by atoms with Crippen LogP contribution in [-0.2, 0) is 17.8 Å². The molecule has 2 heterocycles. The van der Waals surface area contributed by atoms with Gasteiger partial charge in [0, 0.05) is 6.54 Å². The fourth-order valence-electron chi connectivity index (χ4n) is 2.50. The Labute approximate surface area is 169 Å². The van der Waals surface area contributed by atoms with E-state index in [0.717, 1.165) is 5.56 Å². The number of aromatic nitrogens is 3. The smallest absolute Gasteiger partial charge is 0.343 e. The van der Waals surface area contributed by atoms with Crippen LogP contribution in [0, 0.1) is 0 Å². The number of primary amides is 1. The van der Waals surface area contributed by atoms with Crippen molar-refractivity contribution in [2.75, 3.05) is 5.32 Å². The SMILES string of the molecule is C[C@@H](Sc1n[nH]c(=O)n1CCc1ccccc1)C(=O)Nc1sccc1C(N)=O. The summed E-state index contributed by atoms with van der Waals surface area (Å²) < 4.78 is 1.52. The van der Waals surface area contributed by atoms with E-state index >= 15 is 0 Å². The minimum absolute atomic E-state index is 0.273. The highest BCUT2D eigenvalue weighted by molar-refractivity contribution is 8.00. The summed E-state index contributed by atoms with van der Waals surface area (Å²) in [7, 11) is 0. The van der Waals surface area contributed by atoms with E-state index in [2.05, 4.69) is 15.5 Å². The predicted molar refractivity (Wildman–Crippen MR) is 110 cm³/mol. The average Bonchev–Trinajstić information content (AvgIpc) is 3.28. The first-order valence-corrected chi connectivity index (χ1v) is 10.3. The molecular formula is C18H19N5O3S2. The fraction of sp³-hybridized carbons (Fsp3) is 0.222. The Kier molecular flexibility index (Phi) is 6.32. The minimum atomic E-state index is -0.598. The zero-order valence-corrected chi connectivity index (χ0v) is 16.7. The van der Waals surface area contributed by atoms with E-state index in [1.54, 1.807) is 18.4 Å². The number of hydrogen-bond donors (Lipinski definition) is 3. The Morgan fingerprint density at radius 3 is 2.79 bits per heavy atom. The normalized spacial score (nSPS) is 11.9. The lowest BCUT2D eigenvalue weighted by Gasteiger charge is -2.12. The van der Waals surface area contributed by atoms with Gasteiger partial charge in [0.15, 0.2) is 5.16 Å². The maximum atomic E-state index is 12.5. The van der Waals surface area contributed by atoms with Crippen LogP contribution in [-0.4, -0.2) is 31.8 Å². The topological polar surface area (TPSA) is 123 Å². The van der Waals surface area contributed by atoms with Crippen molar-refractivity contribution in [3.8, 4) is 0 Å². The lowest BCUT2D eigenvalue weighted by atomic mass is 10.1. The first kappa shape index (κ1) is 19.9. The molecule has 0 unspecified atom stereocenters. The third-order valence-electron chi connectivity index (χ3n) is 4.01. The summed E-state index contributed by atoms with van der Waals surface area (Å²) in [5.74, 6) is -0.904. The number of anilines is 1. The summed E-state index contributed by atoms with van der Waals surface area (Å²) >= 11 is 2.39. The van der Waals surface area contributed by atoms with Crippen molar-refractivity contribution < 1.29 is 9.59 Å². The lowest BCUT2D eigenvalue weighted by Crippen LogP contribution is -2.25. The first-order valence-electron chi connectivity index (χ1n) is 8.49. The van der Waals surface area contributed by atoms with Gasteiger partial charge in [0.2, 0.25) is 5.91 Å². The van der Waals surface area contributed by atoms with Crippen LogP contribution in [0.5, 0.6) is 0 Å². The van der Waals surface area contributed by atoms with Crippen molar-refractivity contribution >= 4 is 39.9 Å². The molecule has 0 spiro atoms. The van der Waals surface area contributed by atoms with Crippen molar-refractivity contribution in [1.82, 2.24) is 14.8 Å². The van der Waals surface area contributed by atoms with Gasteiger partial charge in [-0.2, -0.15) is 0 Å². The second-order valence-electron chi connectivity index (χ2n) is 5.98. The molecule has 10 heteroatoms. The van der Waals surface area contributed by atoms with Gasteiger partial charge in [-0.05, 0) is 30.4 Å². The molecule has 0 aliphatic carbocycles. The fourth-order valence-corrected chi connectivity index (χ4v) is 4.18. The largest absolute Gasteiger partial charge is 0.366 e. The van der Waals surface area contributed by atoms with E-state index in [1.165, 1.54) is 27.7 Å². The van der Waals surface area contributed by atoms with Crippen molar-refractivity contribution in [2.24, 2.45) is 5.73 Å². The van der Waals surface area contributed by atoms with Crippen LogP contribution in [0.2, 0.25) is 0 Å². The molecule has 0 bridgehead atoms. The van der Waals surface area contributed by atoms with Gasteiger partial charge in [-0.25, -0.2) is 9.89 Å². The number of aryl methyl sites for hydroxylation is 1. The van der Waals surface area contributed by atoms with Gasteiger partial charge in [0.1, 0.15) is 5.00 Å². The third-order valence-corrected chi connectivity index (χ3v) is 5.93. The van der Waals surface area contributed by atoms with Crippen LogP contribution < -0.4 is 16.7 Å². The number of H-pyrrole nitrogens is 1. The molecule has 1 aromatic carbocycles. The summed E-state index contributed by atoms with van der Waals surface area (Å²) in [6, 6.07) is 11.4. The predicted octanol–water partition coefficient (Wildman–Crippen LogP) is 2.09. The number of carbonyl (C=O) groups is 2. The van der Waals surface area contributed by atoms with Crippen LogP contribution in [0.1, 0.15) is 22.8 Å². The number of nitrogens with zero attached hydrogens (tertiary/aromatic N) is 2. The van der Waals surface area contributed by atoms with Crippen LogP contribution in [0.15, 0.2) is 51.7 Å². The molecule has 0 radical (unpaired) electrons. The summed E-state index contributed by atoms with van der Waals surface area (Å²) in [5, 5.41) is 11.2. The molecule has 1 atom stereocenters. The van der Waals surface area contributed by atoms with Gasteiger partial charge < -0.3 is 11.1 Å².